The topological polar surface area (TPSA) is 69.4 Å². The average molecular weight is 167 g/mol. The van der Waals surface area contributed by atoms with Gasteiger partial charge in [-0.3, -0.25) is 4.18 Å². The number of hydrogen-bond donors (Lipinski definition) is 1. The summed E-state index contributed by atoms with van der Waals surface area (Å²) < 4.78 is 25.2. The first-order valence-electron chi connectivity index (χ1n) is 3.05. The lowest BCUT2D eigenvalue weighted by molar-refractivity contribution is 0.291. The van der Waals surface area contributed by atoms with Gasteiger partial charge in [-0.05, 0) is 6.42 Å². The second kappa shape index (κ2) is 3.90. The summed E-state index contributed by atoms with van der Waals surface area (Å²) in [5.41, 5.74) is 5.39. The van der Waals surface area contributed by atoms with Crippen LogP contribution in [-0.4, -0.2) is 27.3 Å². The van der Waals surface area contributed by atoms with Gasteiger partial charge in [0.05, 0.1) is 12.9 Å². The van der Waals surface area contributed by atoms with Crippen LogP contribution in [0.25, 0.3) is 0 Å². The predicted octanol–water partition coefficient (Wildman–Crippen LogP) is -0.300. The lowest BCUT2D eigenvalue weighted by atomic mass is 10.3. The smallest absolute Gasteiger partial charge is 0.264 e. The molecule has 0 aliphatic rings. The van der Waals surface area contributed by atoms with Crippen molar-refractivity contribution in [3.8, 4) is 0 Å². The van der Waals surface area contributed by atoms with E-state index in [4.69, 9.17) is 5.73 Å². The minimum absolute atomic E-state index is 0.0787. The molecular weight excluding hydrogens is 154 g/mol. The first kappa shape index (κ1) is 9.87. The molecule has 0 radical (unpaired) electrons. The lowest BCUT2D eigenvalue weighted by Gasteiger charge is -2.06. The van der Waals surface area contributed by atoms with Crippen LogP contribution in [-0.2, 0) is 14.3 Å². The van der Waals surface area contributed by atoms with Gasteiger partial charge in [-0.15, -0.1) is 0 Å². The molecular formula is C5H13NO3S. The summed E-state index contributed by atoms with van der Waals surface area (Å²) >= 11 is 0. The summed E-state index contributed by atoms with van der Waals surface area (Å²) in [5, 5.41) is 0. The molecule has 0 aromatic heterocycles. The van der Waals surface area contributed by atoms with Crippen LogP contribution in [0.1, 0.15) is 13.3 Å². The Balaban J connectivity index is 3.56. The molecule has 5 heteroatoms. The van der Waals surface area contributed by atoms with Gasteiger partial charge in [0.15, 0.2) is 0 Å². The molecule has 0 aliphatic carbocycles. The maximum Gasteiger partial charge on any atom is 0.264 e. The fraction of sp³-hybridized carbons (Fsp3) is 1.00. The monoisotopic (exact) mass is 167 g/mol. The van der Waals surface area contributed by atoms with Crippen molar-refractivity contribution in [2.24, 2.45) is 5.73 Å². The second-order valence-corrected chi connectivity index (χ2v) is 3.80. The highest BCUT2D eigenvalue weighted by Gasteiger charge is 2.04. The van der Waals surface area contributed by atoms with Gasteiger partial charge in [0.1, 0.15) is 0 Å². The number of rotatable bonds is 4. The van der Waals surface area contributed by atoms with Gasteiger partial charge in [-0.1, -0.05) is 6.92 Å². The van der Waals surface area contributed by atoms with Crippen LogP contribution in [0.3, 0.4) is 0 Å². The Morgan fingerprint density at radius 1 is 1.60 bits per heavy atom. The summed E-state index contributed by atoms with van der Waals surface area (Å²) in [5.74, 6) is 0. The maximum atomic E-state index is 10.4. The summed E-state index contributed by atoms with van der Waals surface area (Å²) in [4.78, 5) is 0. The van der Waals surface area contributed by atoms with E-state index in [0.717, 1.165) is 12.7 Å². The zero-order valence-electron chi connectivity index (χ0n) is 6.20. The van der Waals surface area contributed by atoms with E-state index in [-0.39, 0.29) is 12.6 Å². The summed E-state index contributed by atoms with van der Waals surface area (Å²) in [6.07, 6.45) is 1.73. The molecule has 62 valence electrons. The van der Waals surface area contributed by atoms with Gasteiger partial charge in [-0.2, -0.15) is 8.42 Å². The number of hydrogen-bond acceptors (Lipinski definition) is 4. The minimum atomic E-state index is -3.31. The molecule has 0 bridgehead atoms. The van der Waals surface area contributed by atoms with E-state index in [9.17, 15) is 8.42 Å². The molecule has 2 N–H and O–H groups in total. The molecule has 0 saturated carbocycles. The van der Waals surface area contributed by atoms with Crippen LogP contribution < -0.4 is 5.73 Å². The maximum absolute atomic E-state index is 10.4. The minimum Gasteiger partial charge on any atom is -0.326 e. The van der Waals surface area contributed by atoms with Gasteiger partial charge in [0.2, 0.25) is 0 Å². The van der Waals surface area contributed by atoms with Crippen molar-refractivity contribution in [1.82, 2.24) is 0 Å². The van der Waals surface area contributed by atoms with E-state index in [1.165, 1.54) is 0 Å². The third-order valence-corrected chi connectivity index (χ3v) is 1.58. The van der Waals surface area contributed by atoms with Gasteiger partial charge in [-0.25, -0.2) is 0 Å². The molecule has 0 aromatic rings. The zero-order valence-corrected chi connectivity index (χ0v) is 7.02. The Morgan fingerprint density at radius 2 is 2.10 bits per heavy atom. The van der Waals surface area contributed by atoms with E-state index in [1.54, 1.807) is 0 Å². The van der Waals surface area contributed by atoms with Crippen LogP contribution in [0.2, 0.25) is 0 Å². The molecule has 1 atom stereocenters. The van der Waals surface area contributed by atoms with E-state index in [0.29, 0.717) is 0 Å². The molecule has 0 spiro atoms. The highest BCUT2D eigenvalue weighted by molar-refractivity contribution is 7.85. The molecule has 0 aliphatic heterocycles. The van der Waals surface area contributed by atoms with Crippen LogP contribution in [0, 0.1) is 0 Å². The fourth-order valence-electron chi connectivity index (χ4n) is 0.329. The van der Waals surface area contributed by atoms with Crippen LogP contribution >= 0.6 is 0 Å². The Kier molecular flexibility index (Phi) is 3.85. The molecule has 0 amide bonds. The van der Waals surface area contributed by atoms with E-state index in [2.05, 4.69) is 4.18 Å². The normalized spacial score (nSPS) is 15.1. The molecule has 0 aromatic carbocycles. The molecule has 0 fully saturated rings. The predicted molar refractivity (Wildman–Crippen MR) is 39.1 cm³/mol. The van der Waals surface area contributed by atoms with Gasteiger partial charge in [0.25, 0.3) is 10.1 Å². The molecule has 0 heterocycles. The first-order chi connectivity index (χ1) is 4.45. The SMILES string of the molecule is CC[C@H](N)COS(C)(=O)=O. The third kappa shape index (κ3) is 6.00. The van der Waals surface area contributed by atoms with Crippen molar-refractivity contribution in [2.75, 3.05) is 12.9 Å². The standard InChI is InChI=1S/C5H13NO3S/c1-3-5(6)4-9-10(2,7)8/h5H,3-4,6H2,1-2H3/t5-/m0/s1. The van der Waals surface area contributed by atoms with Crippen molar-refractivity contribution in [3.05, 3.63) is 0 Å². The van der Waals surface area contributed by atoms with Crippen LogP contribution in [0.15, 0.2) is 0 Å². The van der Waals surface area contributed by atoms with E-state index < -0.39 is 10.1 Å². The Hall–Kier alpha value is -0.130. The second-order valence-electron chi connectivity index (χ2n) is 2.16. The van der Waals surface area contributed by atoms with Crippen LogP contribution in [0.4, 0.5) is 0 Å². The highest BCUT2D eigenvalue weighted by Crippen LogP contribution is 1.91. The molecule has 0 saturated heterocycles. The van der Waals surface area contributed by atoms with Crippen molar-refractivity contribution < 1.29 is 12.6 Å². The largest absolute Gasteiger partial charge is 0.326 e. The highest BCUT2D eigenvalue weighted by atomic mass is 32.2. The van der Waals surface area contributed by atoms with E-state index in [1.807, 2.05) is 6.92 Å². The zero-order chi connectivity index (χ0) is 8.20. The van der Waals surface area contributed by atoms with Gasteiger partial charge in [0, 0.05) is 6.04 Å². The van der Waals surface area contributed by atoms with Gasteiger partial charge < -0.3 is 5.73 Å². The molecule has 10 heavy (non-hydrogen) atoms. The van der Waals surface area contributed by atoms with E-state index >= 15 is 0 Å². The summed E-state index contributed by atoms with van der Waals surface area (Å²) in [7, 11) is -3.31. The summed E-state index contributed by atoms with van der Waals surface area (Å²) in [6, 6.07) is -0.185. The molecule has 0 unspecified atom stereocenters. The molecule has 0 rings (SSSR count). The molecule has 4 nitrogen and oxygen atoms in total. The summed E-state index contributed by atoms with van der Waals surface area (Å²) in [6.45, 7) is 1.95. The van der Waals surface area contributed by atoms with Crippen molar-refractivity contribution in [3.63, 3.8) is 0 Å². The fourth-order valence-corrected chi connectivity index (χ4v) is 0.751. The van der Waals surface area contributed by atoms with Crippen molar-refractivity contribution in [2.45, 2.75) is 19.4 Å². The lowest BCUT2D eigenvalue weighted by Crippen LogP contribution is -2.26. The van der Waals surface area contributed by atoms with Crippen molar-refractivity contribution in [1.29, 1.82) is 0 Å². The van der Waals surface area contributed by atoms with Crippen LogP contribution in [0.5, 0.6) is 0 Å². The quantitative estimate of drug-likeness (QED) is 0.584. The average Bonchev–Trinajstić information content (AvgIpc) is 1.81. The Labute approximate surface area is 61.5 Å². The van der Waals surface area contributed by atoms with Crippen molar-refractivity contribution >= 4 is 10.1 Å². The number of nitrogens with two attached hydrogens (primary N) is 1. The Morgan fingerprint density at radius 3 is 2.40 bits per heavy atom. The Bertz CT molecular complexity index is 175. The third-order valence-electron chi connectivity index (χ3n) is 1.02. The van der Waals surface area contributed by atoms with Gasteiger partial charge >= 0.3 is 0 Å². The first-order valence-corrected chi connectivity index (χ1v) is 4.87.